The lowest BCUT2D eigenvalue weighted by Gasteiger charge is -2.06. The van der Waals surface area contributed by atoms with Crippen molar-refractivity contribution in [1.82, 2.24) is 9.55 Å². The van der Waals surface area contributed by atoms with Gasteiger partial charge >= 0.3 is 0 Å². The second-order valence-corrected chi connectivity index (χ2v) is 5.04. The van der Waals surface area contributed by atoms with Crippen molar-refractivity contribution in [1.29, 1.82) is 0 Å². The van der Waals surface area contributed by atoms with Crippen LogP contribution < -0.4 is 0 Å². The van der Waals surface area contributed by atoms with E-state index in [1.54, 1.807) is 0 Å². The third kappa shape index (κ3) is 1.86. The summed E-state index contributed by atoms with van der Waals surface area (Å²) in [7, 11) is 0. The number of nitrogens with zero attached hydrogens (tertiary/aromatic N) is 2. The molecule has 0 fully saturated rings. The fourth-order valence-corrected chi connectivity index (χ4v) is 2.67. The number of imidazole rings is 1. The van der Waals surface area contributed by atoms with Gasteiger partial charge in [0.25, 0.3) is 0 Å². The maximum atomic E-state index is 4.44. The van der Waals surface area contributed by atoms with Crippen LogP contribution >= 0.6 is 0 Å². The van der Waals surface area contributed by atoms with Crippen LogP contribution in [0.5, 0.6) is 0 Å². The molecule has 2 heteroatoms. The first kappa shape index (κ1) is 11.2. The number of aromatic nitrogens is 2. The maximum Gasteiger partial charge on any atom is 0.0961 e. The molecule has 0 N–H and O–H groups in total. The Morgan fingerprint density at radius 2 is 1.60 bits per heavy atom. The minimum absolute atomic E-state index is 0.853. The van der Waals surface area contributed by atoms with Gasteiger partial charge in [-0.15, -0.1) is 0 Å². The number of rotatable bonds is 2. The Balaban J connectivity index is 1.76. The molecule has 0 aliphatic rings. The van der Waals surface area contributed by atoms with Crippen LogP contribution in [0.1, 0.15) is 5.56 Å². The van der Waals surface area contributed by atoms with Crippen LogP contribution in [0.3, 0.4) is 0 Å². The van der Waals surface area contributed by atoms with Crippen LogP contribution in [0.15, 0.2) is 73.1 Å². The molecule has 3 aromatic carbocycles. The lowest BCUT2D eigenvalue weighted by molar-refractivity contribution is 0.826. The molecule has 0 spiro atoms. The van der Waals surface area contributed by atoms with Gasteiger partial charge in [-0.1, -0.05) is 48.5 Å². The van der Waals surface area contributed by atoms with E-state index in [2.05, 4.69) is 64.1 Å². The maximum absolute atomic E-state index is 4.44. The molecule has 0 aliphatic heterocycles. The van der Waals surface area contributed by atoms with Crippen molar-refractivity contribution in [3.63, 3.8) is 0 Å². The molecule has 2 nitrogen and oxygen atoms in total. The highest BCUT2D eigenvalue weighted by Gasteiger charge is 2.03. The zero-order chi connectivity index (χ0) is 13.4. The molecule has 1 aromatic heterocycles. The van der Waals surface area contributed by atoms with Crippen LogP contribution in [0.25, 0.3) is 21.8 Å². The summed E-state index contributed by atoms with van der Waals surface area (Å²) in [5.41, 5.74) is 3.53. The molecule has 4 aromatic rings. The van der Waals surface area contributed by atoms with E-state index < -0.39 is 0 Å². The molecule has 0 bridgehead atoms. The first-order chi connectivity index (χ1) is 9.90. The lowest BCUT2D eigenvalue weighted by atomic mass is 10.1. The zero-order valence-electron chi connectivity index (χ0n) is 11.0. The predicted octanol–water partition coefficient (Wildman–Crippen LogP) is 4.24. The monoisotopic (exact) mass is 258 g/mol. The van der Waals surface area contributed by atoms with E-state index in [0.29, 0.717) is 0 Å². The Hall–Kier alpha value is -2.61. The molecule has 0 amide bonds. The number of fused-ring (bicyclic) bond motifs is 2. The van der Waals surface area contributed by atoms with Gasteiger partial charge in [0.05, 0.1) is 17.4 Å². The molecule has 1 heterocycles. The highest BCUT2D eigenvalue weighted by atomic mass is 15.0. The molecule has 0 radical (unpaired) electrons. The third-order valence-corrected chi connectivity index (χ3v) is 3.69. The van der Waals surface area contributed by atoms with Crippen LogP contribution in [-0.4, -0.2) is 9.55 Å². The summed E-state index contributed by atoms with van der Waals surface area (Å²) in [6.45, 7) is 0.853. The largest absolute Gasteiger partial charge is 0.326 e. The number of para-hydroxylation sites is 2. The molecular formula is C18H14N2. The minimum atomic E-state index is 0.853. The second kappa shape index (κ2) is 4.49. The number of hydrogen-bond donors (Lipinski definition) is 0. The van der Waals surface area contributed by atoms with E-state index in [1.807, 2.05) is 18.5 Å². The summed E-state index contributed by atoms with van der Waals surface area (Å²) in [4.78, 5) is 4.44. The summed E-state index contributed by atoms with van der Waals surface area (Å²) < 4.78 is 2.19. The van der Waals surface area contributed by atoms with Crippen molar-refractivity contribution in [2.45, 2.75) is 6.54 Å². The fourth-order valence-electron chi connectivity index (χ4n) is 2.67. The molecule has 0 atom stereocenters. The summed E-state index contributed by atoms with van der Waals surface area (Å²) in [6, 6.07) is 23.3. The van der Waals surface area contributed by atoms with E-state index in [0.717, 1.165) is 12.1 Å². The standard InChI is InChI=1S/C18H14N2/c1-2-6-16-11-14(9-10-15(16)5-1)12-20-13-19-17-7-3-4-8-18(17)20/h1-11,13H,12H2. The Kier molecular flexibility index (Phi) is 2.52. The Bertz CT molecular complexity index is 890. The van der Waals surface area contributed by atoms with E-state index in [4.69, 9.17) is 0 Å². The highest BCUT2D eigenvalue weighted by molar-refractivity contribution is 5.83. The summed E-state index contributed by atoms with van der Waals surface area (Å²) in [5, 5.41) is 2.57. The van der Waals surface area contributed by atoms with Crippen LogP contribution in [0.4, 0.5) is 0 Å². The fraction of sp³-hybridized carbons (Fsp3) is 0.0556. The molecular weight excluding hydrogens is 244 g/mol. The first-order valence-corrected chi connectivity index (χ1v) is 6.78. The van der Waals surface area contributed by atoms with Gasteiger partial charge in [-0.2, -0.15) is 0 Å². The van der Waals surface area contributed by atoms with Gasteiger partial charge in [-0.25, -0.2) is 4.98 Å². The predicted molar refractivity (Wildman–Crippen MR) is 82.8 cm³/mol. The average molecular weight is 258 g/mol. The number of hydrogen-bond acceptors (Lipinski definition) is 1. The minimum Gasteiger partial charge on any atom is -0.326 e. The van der Waals surface area contributed by atoms with E-state index in [9.17, 15) is 0 Å². The summed E-state index contributed by atoms with van der Waals surface area (Å²) in [5.74, 6) is 0. The molecule has 96 valence electrons. The zero-order valence-corrected chi connectivity index (χ0v) is 11.0. The van der Waals surface area contributed by atoms with Crippen LogP contribution in [-0.2, 0) is 6.54 Å². The quantitative estimate of drug-likeness (QED) is 0.526. The van der Waals surface area contributed by atoms with Gasteiger partial charge in [0.1, 0.15) is 0 Å². The van der Waals surface area contributed by atoms with Gasteiger partial charge < -0.3 is 4.57 Å². The highest BCUT2D eigenvalue weighted by Crippen LogP contribution is 2.18. The molecule has 0 saturated heterocycles. The van der Waals surface area contributed by atoms with Gasteiger partial charge in [0.2, 0.25) is 0 Å². The Morgan fingerprint density at radius 1 is 0.800 bits per heavy atom. The third-order valence-electron chi connectivity index (χ3n) is 3.69. The van der Waals surface area contributed by atoms with E-state index in [1.165, 1.54) is 21.9 Å². The van der Waals surface area contributed by atoms with Crippen molar-refractivity contribution in [2.24, 2.45) is 0 Å². The van der Waals surface area contributed by atoms with Gasteiger partial charge in [0, 0.05) is 6.54 Å². The van der Waals surface area contributed by atoms with Crippen molar-refractivity contribution in [3.8, 4) is 0 Å². The summed E-state index contributed by atoms with van der Waals surface area (Å²) in [6.07, 6.45) is 1.92. The normalized spacial score (nSPS) is 11.2. The van der Waals surface area contributed by atoms with Crippen molar-refractivity contribution >= 4 is 21.8 Å². The average Bonchev–Trinajstić information content (AvgIpc) is 2.91. The number of benzene rings is 3. The molecule has 0 unspecified atom stereocenters. The smallest absolute Gasteiger partial charge is 0.0961 e. The van der Waals surface area contributed by atoms with Crippen LogP contribution in [0.2, 0.25) is 0 Å². The molecule has 20 heavy (non-hydrogen) atoms. The van der Waals surface area contributed by atoms with Crippen molar-refractivity contribution < 1.29 is 0 Å². The van der Waals surface area contributed by atoms with Crippen molar-refractivity contribution in [2.75, 3.05) is 0 Å². The summed E-state index contributed by atoms with van der Waals surface area (Å²) >= 11 is 0. The molecule has 4 rings (SSSR count). The van der Waals surface area contributed by atoms with Gasteiger partial charge in [-0.3, -0.25) is 0 Å². The molecule has 0 saturated carbocycles. The molecule has 0 aliphatic carbocycles. The topological polar surface area (TPSA) is 17.8 Å². The van der Waals surface area contributed by atoms with Gasteiger partial charge in [-0.05, 0) is 34.5 Å². The Labute approximate surface area is 117 Å². The Morgan fingerprint density at radius 3 is 2.55 bits per heavy atom. The van der Waals surface area contributed by atoms with Crippen LogP contribution in [0, 0.1) is 0 Å². The van der Waals surface area contributed by atoms with Crippen molar-refractivity contribution in [3.05, 3.63) is 78.6 Å². The first-order valence-electron chi connectivity index (χ1n) is 6.78. The lowest BCUT2D eigenvalue weighted by Crippen LogP contribution is -1.97. The van der Waals surface area contributed by atoms with Gasteiger partial charge in [0.15, 0.2) is 0 Å². The SMILES string of the molecule is c1ccc2cc(Cn3cnc4ccccc43)ccc2c1. The van der Waals surface area contributed by atoms with E-state index in [-0.39, 0.29) is 0 Å². The van der Waals surface area contributed by atoms with E-state index >= 15 is 0 Å². The second-order valence-electron chi connectivity index (χ2n) is 5.04.